The van der Waals surface area contributed by atoms with Gasteiger partial charge in [-0.1, -0.05) is 20.8 Å². The van der Waals surface area contributed by atoms with Crippen molar-refractivity contribution in [3.05, 3.63) is 17.7 Å². The summed E-state index contributed by atoms with van der Waals surface area (Å²) in [4.78, 5) is 23.0. The van der Waals surface area contributed by atoms with Crippen LogP contribution >= 0.6 is 0 Å². The average Bonchev–Trinajstić information content (AvgIpc) is 2.86. The summed E-state index contributed by atoms with van der Waals surface area (Å²) in [7, 11) is 0. The Hall–Kier alpha value is -1.65. The molecule has 1 amide bonds. The molecule has 5 nitrogen and oxygen atoms in total. The van der Waals surface area contributed by atoms with Crippen LogP contribution in [-0.2, 0) is 0 Å². The summed E-state index contributed by atoms with van der Waals surface area (Å²) in [5.41, 5.74) is 6.60. The first-order chi connectivity index (χ1) is 9.04. The second-order valence-corrected chi connectivity index (χ2v) is 5.39. The first-order valence-electron chi connectivity index (χ1n) is 6.98. The number of aromatic nitrogens is 2. The average molecular weight is 262 g/mol. The van der Waals surface area contributed by atoms with Gasteiger partial charge in [-0.2, -0.15) is 0 Å². The van der Waals surface area contributed by atoms with Crippen LogP contribution in [0.1, 0.15) is 62.3 Å². The topological polar surface area (TPSA) is 72.1 Å². The Bertz CT molecular complexity index is 473. The van der Waals surface area contributed by atoms with Crippen molar-refractivity contribution in [1.82, 2.24) is 14.9 Å². The van der Waals surface area contributed by atoms with E-state index >= 15 is 0 Å². The Labute approximate surface area is 114 Å². The Balaban J connectivity index is 2.30. The molecule has 1 aromatic heterocycles. The van der Waals surface area contributed by atoms with Crippen LogP contribution in [0.25, 0.3) is 0 Å². The molecule has 2 rings (SSSR count). The van der Waals surface area contributed by atoms with Gasteiger partial charge in [0.1, 0.15) is 5.82 Å². The van der Waals surface area contributed by atoms with Gasteiger partial charge >= 0.3 is 0 Å². The molecule has 0 radical (unpaired) electrons. The molecule has 2 heterocycles. The maximum atomic E-state index is 12.6. The van der Waals surface area contributed by atoms with Gasteiger partial charge in [-0.05, 0) is 19.3 Å². The Morgan fingerprint density at radius 3 is 2.95 bits per heavy atom. The van der Waals surface area contributed by atoms with E-state index in [1.807, 2.05) is 18.7 Å². The quantitative estimate of drug-likeness (QED) is 0.906. The third kappa shape index (κ3) is 2.69. The Morgan fingerprint density at radius 2 is 2.32 bits per heavy atom. The van der Waals surface area contributed by atoms with Gasteiger partial charge in [-0.25, -0.2) is 9.97 Å². The standard InChI is InChI=1S/C14H22N4O/c1-4-10-6-5-7-18(10)14(19)12-11(15)8-16-13(17-12)9(2)3/h8-10H,4-7,15H2,1-3H3. The molecule has 1 fully saturated rings. The van der Waals surface area contributed by atoms with E-state index in [1.165, 1.54) is 0 Å². The summed E-state index contributed by atoms with van der Waals surface area (Å²) in [5.74, 6) is 0.809. The SMILES string of the molecule is CCC1CCCN1C(=O)c1nc(C(C)C)ncc1N. The lowest BCUT2D eigenvalue weighted by Crippen LogP contribution is -2.36. The van der Waals surface area contributed by atoms with Crippen molar-refractivity contribution in [1.29, 1.82) is 0 Å². The summed E-state index contributed by atoms with van der Waals surface area (Å²) in [6, 6.07) is 0.323. The maximum Gasteiger partial charge on any atom is 0.274 e. The predicted molar refractivity (Wildman–Crippen MR) is 74.9 cm³/mol. The van der Waals surface area contributed by atoms with Crippen molar-refractivity contribution in [3.63, 3.8) is 0 Å². The van der Waals surface area contributed by atoms with E-state index in [4.69, 9.17) is 5.73 Å². The minimum atomic E-state index is -0.0499. The lowest BCUT2D eigenvalue weighted by Gasteiger charge is -2.24. The number of nitrogen functional groups attached to an aromatic ring is 1. The molecular formula is C14H22N4O. The van der Waals surface area contributed by atoms with Gasteiger partial charge in [-0.3, -0.25) is 4.79 Å². The van der Waals surface area contributed by atoms with Crippen LogP contribution in [0, 0.1) is 0 Å². The molecule has 104 valence electrons. The van der Waals surface area contributed by atoms with Crippen molar-refractivity contribution < 1.29 is 4.79 Å². The van der Waals surface area contributed by atoms with Crippen LogP contribution in [0.4, 0.5) is 5.69 Å². The highest BCUT2D eigenvalue weighted by Crippen LogP contribution is 2.24. The largest absolute Gasteiger partial charge is 0.396 e. The lowest BCUT2D eigenvalue weighted by molar-refractivity contribution is 0.0728. The van der Waals surface area contributed by atoms with Gasteiger partial charge in [0.15, 0.2) is 5.69 Å². The number of carbonyl (C=O) groups excluding carboxylic acids is 1. The van der Waals surface area contributed by atoms with E-state index in [2.05, 4.69) is 16.9 Å². The first-order valence-corrected chi connectivity index (χ1v) is 6.98. The zero-order valence-corrected chi connectivity index (χ0v) is 11.9. The molecule has 1 aliphatic rings. The molecule has 1 saturated heterocycles. The fourth-order valence-corrected chi connectivity index (χ4v) is 2.52. The highest BCUT2D eigenvalue weighted by Gasteiger charge is 2.30. The Morgan fingerprint density at radius 1 is 1.58 bits per heavy atom. The monoisotopic (exact) mass is 262 g/mol. The second kappa shape index (κ2) is 5.55. The number of nitrogens with zero attached hydrogens (tertiary/aromatic N) is 3. The molecule has 1 atom stereocenters. The molecule has 0 bridgehead atoms. The number of hydrogen-bond acceptors (Lipinski definition) is 4. The van der Waals surface area contributed by atoms with E-state index < -0.39 is 0 Å². The number of hydrogen-bond donors (Lipinski definition) is 1. The number of nitrogens with two attached hydrogens (primary N) is 1. The van der Waals surface area contributed by atoms with Gasteiger partial charge in [0.2, 0.25) is 0 Å². The third-order valence-corrected chi connectivity index (χ3v) is 3.66. The second-order valence-electron chi connectivity index (χ2n) is 5.39. The van der Waals surface area contributed by atoms with Crippen molar-refractivity contribution in [2.45, 2.75) is 52.0 Å². The Kier molecular flexibility index (Phi) is 4.02. The molecule has 0 aliphatic carbocycles. The van der Waals surface area contributed by atoms with E-state index in [-0.39, 0.29) is 11.8 Å². The van der Waals surface area contributed by atoms with Gasteiger partial charge in [0.05, 0.1) is 11.9 Å². The summed E-state index contributed by atoms with van der Waals surface area (Å²) >= 11 is 0. The summed E-state index contributed by atoms with van der Waals surface area (Å²) in [6.07, 6.45) is 4.66. The zero-order valence-electron chi connectivity index (χ0n) is 11.9. The van der Waals surface area contributed by atoms with Crippen LogP contribution in [0.3, 0.4) is 0 Å². The highest BCUT2D eigenvalue weighted by atomic mass is 16.2. The molecule has 2 N–H and O–H groups in total. The van der Waals surface area contributed by atoms with Crippen LogP contribution in [0.2, 0.25) is 0 Å². The molecule has 1 aromatic rings. The van der Waals surface area contributed by atoms with Crippen LogP contribution < -0.4 is 5.73 Å². The molecule has 0 saturated carbocycles. The van der Waals surface area contributed by atoms with Gasteiger partial charge in [0.25, 0.3) is 5.91 Å². The van der Waals surface area contributed by atoms with Crippen LogP contribution in [-0.4, -0.2) is 33.4 Å². The maximum absolute atomic E-state index is 12.6. The van der Waals surface area contributed by atoms with Crippen molar-refractivity contribution in [2.24, 2.45) is 0 Å². The number of likely N-dealkylation sites (tertiary alicyclic amines) is 1. The fourth-order valence-electron chi connectivity index (χ4n) is 2.52. The number of rotatable bonds is 3. The van der Waals surface area contributed by atoms with E-state index in [1.54, 1.807) is 6.20 Å². The molecule has 0 spiro atoms. The van der Waals surface area contributed by atoms with Gasteiger partial charge < -0.3 is 10.6 Å². The molecule has 0 aromatic carbocycles. The molecule has 5 heteroatoms. The minimum Gasteiger partial charge on any atom is -0.396 e. The summed E-state index contributed by atoms with van der Waals surface area (Å²) in [6.45, 7) is 6.92. The van der Waals surface area contributed by atoms with E-state index in [0.29, 0.717) is 23.2 Å². The third-order valence-electron chi connectivity index (χ3n) is 3.66. The minimum absolute atomic E-state index is 0.0499. The van der Waals surface area contributed by atoms with Crippen molar-refractivity contribution in [2.75, 3.05) is 12.3 Å². The molecule has 1 unspecified atom stereocenters. The van der Waals surface area contributed by atoms with Crippen molar-refractivity contribution in [3.8, 4) is 0 Å². The van der Waals surface area contributed by atoms with Crippen LogP contribution in [0.5, 0.6) is 0 Å². The summed E-state index contributed by atoms with van der Waals surface area (Å²) in [5, 5.41) is 0. The van der Waals surface area contributed by atoms with E-state index in [9.17, 15) is 4.79 Å². The first kappa shape index (κ1) is 13.8. The van der Waals surface area contributed by atoms with Gasteiger partial charge in [-0.15, -0.1) is 0 Å². The zero-order chi connectivity index (χ0) is 14.0. The normalized spacial score (nSPS) is 19.2. The van der Waals surface area contributed by atoms with E-state index in [0.717, 1.165) is 25.8 Å². The number of carbonyl (C=O) groups is 1. The predicted octanol–water partition coefficient (Wildman–Crippen LogP) is 2.20. The fraction of sp³-hybridized carbons (Fsp3) is 0.643. The number of anilines is 1. The lowest BCUT2D eigenvalue weighted by atomic mass is 10.1. The molecule has 19 heavy (non-hydrogen) atoms. The van der Waals surface area contributed by atoms with Crippen molar-refractivity contribution >= 4 is 11.6 Å². The van der Waals surface area contributed by atoms with Crippen LogP contribution in [0.15, 0.2) is 6.20 Å². The smallest absolute Gasteiger partial charge is 0.274 e. The molecule has 1 aliphatic heterocycles. The van der Waals surface area contributed by atoms with Gasteiger partial charge in [0, 0.05) is 18.5 Å². The molecular weight excluding hydrogens is 240 g/mol. The summed E-state index contributed by atoms with van der Waals surface area (Å²) < 4.78 is 0. The highest BCUT2D eigenvalue weighted by molar-refractivity contribution is 5.97. The number of amides is 1.